The number of halogens is 2. The van der Waals surface area contributed by atoms with E-state index in [9.17, 15) is 18.7 Å². The molecule has 0 aromatic heterocycles. The van der Waals surface area contributed by atoms with Crippen LogP contribution in [0.2, 0.25) is 0 Å². The van der Waals surface area contributed by atoms with Crippen molar-refractivity contribution in [2.45, 2.75) is 24.0 Å². The summed E-state index contributed by atoms with van der Waals surface area (Å²) < 4.78 is 42.7. The number of methoxy groups -OCH3 is 1. The quantitative estimate of drug-likeness (QED) is 0.920. The van der Waals surface area contributed by atoms with Crippen LogP contribution < -0.4 is 4.74 Å². The van der Waals surface area contributed by atoms with Crippen molar-refractivity contribution in [1.82, 2.24) is 0 Å². The first-order chi connectivity index (χ1) is 9.97. The van der Waals surface area contributed by atoms with Gasteiger partial charge in [-0.05, 0) is 12.5 Å². The Labute approximate surface area is 119 Å². The summed E-state index contributed by atoms with van der Waals surface area (Å²) in [6.45, 7) is 0.610. The first kappa shape index (κ1) is 14.2. The summed E-state index contributed by atoms with van der Waals surface area (Å²) >= 11 is 0. The Morgan fingerprint density at radius 2 is 2.14 bits per heavy atom. The first-order valence-electron chi connectivity index (χ1n) is 6.48. The predicted octanol–water partition coefficient (Wildman–Crippen LogP) is 1.70. The number of carboxylic acids is 1. The van der Waals surface area contributed by atoms with Crippen LogP contribution in [-0.2, 0) is 14.3 Å². The summed E-state index contributed by atoms with van der Waals surface area (Å²) in [6.07, 6.45) is -0.765. The molecule has 2 aliphatic heterocycles. The standard InChI is InChI=1S/C14H14F2O5/c1-19-11-7(2-3-9(15)10(11)16)8-4-14(5-20-6-14)21-12(8)13(17)18/h2-3,8,12H,4-6H2,1H3,(H,17,18)/t8-,12+/m0/s1. The van der Waals surface area contributed by atoms with Gasteiger partial charge in [-0.1, -0.05) is 6.07 Å². The molecule has 2 atom stereocenters. The van der Waals surface area contributed by atoms with Crippen molar-refractivity contribution in [2.24, 2.45) is 0 Å². The second-order valence-electron chi connectivity index (χ2n) is 5.35. The summed E-state index contributed by atoms with van der Waals surface area (Å²) in [7, 11) is 1.22. The molecule has 1 N–H and O–H groups in total. The van der Waals surface area contributed by atoms with E-state index in [4.69, 9.17) is 14.2 Å². The smallest absolute Gasteiger partial charge is 0.333 e. The number of hydrogen-bond donors (Lipinski definition) is 1. The minimum Gasteiger partial charge on any atom is -0.493 e. The zero-order valence-electron chi connectivity index (χ0n) is 11.3. The highest BCUT2D eigenvalue weighted by atomic mass is 19.2. The zero-order chi connectivity index (χ0) is 15.2. The fourth-order valence-corrected chi connectivity index (χ4v) is 2.96. The van der Waals surface area contributed by atoms with Crippen molar-refractivity contribution in [2.75, 3.05) is 20.3 Å². The van der Waals surface area contributed by atoms with E-state index in [0.29, 0.717) is 25.2 Å². The molecule has 114 valence electrons. The maximum atomic E-state index is 13.8. The Balaban J connectivity index is 2.02. The van der Waals surface area contributed by atoms with Gasteiger partial charge in [0.1, 0.15) is 5.60 Å². The van der Waals surface area contributed by atoms with Gasteiger partial charge in [0.05, 0.1) is 20.3 Å². The molecule has 0 bridgehead atoms. The molecule has 7 heteroatoms. The number of hydrogen-bond acceptors (Lipinski definition) is 4. The van der Waals surface area contributed by atoms with Crippen LogP contribution in [0.1, 0.15) is 17.9 Å². The Morgan fingerprint density at radius 3 is 2.67 bits per heavy atom. The van der Waals surface area contributed by atoms with Gasteiger partial charge in [-0.25, -0.2) is 9.18 Å². The van der Waals surface area contributed by atoms with Crippen molar-refractivity contribution < 1.29 is 32.9 Å². The lowest BCUT2D eigenvalue weighted by molar-refractivity contribution is -0.206. The van der Waals surface area contributed by atoms with E-state index in [2.05, 4.69) is 0 Å². The lowest BCUT2D eigenvalue weighted by Gasteiger charge is -2.37. The lowest BCUT2D eigenvalue weighted by atomic mass is 9.85. The third-order valence-electron chi connectivity index (χ3n) is 3.99. The van der Waals surface area contributed by atoms with Crippen molar-refractivity contribution in [3.8, 4) is 5.75 Å². The zero-order valence-corrected chi connectivity index (χ0v) is 11.3. The van der Waals surface area contributed by atoms with Gasteiger partial charge in [0.2, 0.25) is 5.82 Å². The summed E-state index contributed by atoms with van der Waals surface area (Å²) in [5.74, 6) is -4.19. The monoisotopic (exact) mass is 300 g/mol. The second-order valence-corrected chi connectivity index (χ2v) is 5.35. The van der Waals surface area contributed by atoms with Crippen LogP contribution in [0.3, 0.4) is 0 Å². The summed E-state index contributed by atoms with van der Waals surface area (Å²) in [5, 5.41) is 9.31. The maximum Gasteiger partial charge on any atom is 0.333 e. The highest BCUT2D eigenvalue weighted by Gasteiger charge is 2.54. The fraction of sp³-hybridized carbons (Fsp3) is 0.500. The molecule has 0 radical (unpaired) electrons. The third-order valence-corrected chi connectivity index (χ3v) is 3.99. The molecule has 1 spiro atoms. The van der Waals surface area contributed by atoms with E-state index in [0.717, 1.165) is 6.07 Å². The highest BCUT2D eigenvalue weighted by molar-refractivity contribution is 5.75. The van der Waals surface area contributed by atoms with Crippen LogP contribution in [0, 0.1) is 11.6 Å². The van der Waals surface area contributed by atoms with Gasteiger partial charge >= 0.3 is 5.97 Å². The molecule has 1 aromatic rings. The summed E-state index contributed by atoms with van der Waals surface area (Å²) in [4.78, 5) is 11.4. The minimum atomic E-state index is -1.14. The molecule has 0 amide bonds. The van der Waals surface area contributed by atoms with E-state index in [1.165, 1.54) is 13.2 Å². The molecule has 5 nitrogen and oxygen atoms in total. The highest BCUT2D eigenvalue weighted by Crippen LogP contribution is 2.47. The van der Waals surface area contributed by atoms with E-state index >= 15 is 0 Å². The second kappa shape index (κ2) is 4.92. The van der Waals surface area contributed by atoms with E-state index in [1.54, 1.807) is 0 Å². The number of aliphatic carboxylic acids is 1. The van der Waals surface area contributed by atoms with Crippen LogP contribution >= 0.6 is 0 Å². The molecule has 2 saturated heterocycles. The third kappa shape index (κ3) is 2.16. The van der Waals surface area contributed by atoms with Crippen LogP contribution in [0.15, 0.2) is 12.1 Å². The summed E-state index contributed by atoms with van der Waals surface area (Å²) in [5.41, 5.74) is -0.351. The molecule has 3 rings (SSSR count). The van der Waals surface area contributed by atoms with Gasteiger partial charge < -0.3 is 19.3 Å². The van der Waals surface area contributed by atoms with Crippen LogP contribution in [-0.4, -0.2) is 43.1 Å². The Bertz CT molecular complexity index is 585. The molecule has 0 saturated carbocycles. The number of benzene rings is 1. The van der Waals surface area contributed by atoms with Gasteiger partial charge in [-0.3, -0.25) is 0 Å². The molecule has 1 aromatic carbocycles. The number of carbonyl (C=O) groups is 1. The van der Waals surface area contributed by atoms with Crippen LogP contribution in [0.4, 0.5) is 8.78 Å². The van der Waals surface area contributed by atoms with Gasteiger partial charge in [-0.2, -0.15) is 4.39 Å². The molecule has 2 fully saturated rings. The van der Waals surface area contributed by atoms with Crippen molar-refractivity contribution in [3.63, 3.8) is 0 Å². The Kier molecular flexibility index (Phi) is 3.33. The van der Waals surface area contributed by atoms with Crippen molar-refractivity contribution in [3.05, 3.63) is 29.3 Å². The summed E-state index contributed by atoms with van der Waals surface area (Å²) in [6, 6.07) is 2.31. The van der Waals surface area contributed by atoms with Gasteiger partial charge in [0, 0.05) is 11.5 Å². The molecule has 2 aliphatic rings. The van der Waals surface area contributed by atoms with Gasteiger partial charge in [-0.15, -0.1) is 0 Å². The lowest BCUT2D eigenvalue weighted by Crippen LogP contribution is -2.50. The normalized spacial score (nSPS) is 26.6. The number of rotatable bonds is 3. The molecule has 0 aliphatic carbocycles. The molecule has 2 heterocycles. The molecular weight excluding hydrogens is 286 g/mol. The van der Waals surface area contributed by atoms with Crippen LogP contribution in [0.5, 0.6) is 5.75 Å². The van der Waals surface area contributed by atoms with Gasteiger partial charge in [0.15, 0.2) is 17.7 Å². The maximum absolute atomic E-state index is 13.8. The van der Waals surface area contributed by atoms with Gasteiger partial charge in [0.25, 0.3) is 0 Å². The van der Waals surface area contributed by atoms with E-state index in [1.807, 2.05) is 0 Å². The molecule has 21 heavy (non-hydrogen) atoms. The average molecular weight is 300 g/mol. The topological polar surface area (TPSA) is 65.0 Å². The van der Waals surface area contributed by atoms with E-state index in [-0.39, 0.29) is 5.75 Å². The molecule has 0 unspecified atom stereocenters. The van der Waals surface area contributed by atoms with Crippen LogP contribution in [0.25, 0.3) is 0 Å². The predicted molar refractivity (Wildman–Crippen MR) is 66.3 cm³/mol. The Hall–Kier alpha value is -1.73. The van der Waals surface area contributed by atoms with Crippen molar-refractivity contribution >= 4 is 5.97 Å². The Morgan fingerprint density at radius 1 is 1.43 bits per heavy atom. The molecular formula is C14H14F2O5. The van der Waals surface area contributed by atoms with Crippen molar-refractivity contribution in [1.29, 1.82) is 0 Å². The largest absolute Gasteiger partial charge is 0.493 e. The SMILES string of the molecule is COc1c([C@@H]2CC3(COC3)O[C@H]2C(=O)O)ccc(F)c1F. The number of ether oxygens (including phenoxy) is 3. The average Bonchev–Trinajstić information content (AvgIpc) is 2.82. The first-order valence-corrected chi connectivity index (χ1v) is 6.48. The number of carboxylic acid groups (broad SMARTS) is 1. The van der Waals surface area contributed by atoms with E-state index < -0.39 is 35.2 Å². The fourth-order valence-electron chi connectivity index (χ4n) is 2.96. The minimum absolute atomic E-state index is 0.271.